The van der Waals surface area contributed by atoms with E-state index in [4.69, 9.17) is 9.47 Å². The van der Waals surface area contributed by atoms with Crippen LogP contribution in [-0.2, 0) is 20.7 Å². The lowest BCUT2D eigenvalue weighted by molar-refractivity contribution is -0.153. The maximum absolute atomic E-state index is 12.3. The Kier molecular flexibility index (Phi) is 5.78. The highest BCUT2D eigenvalue weighted by Gasteiger charge is 2.18. The number of ether oxygens (including phenoxy) is 2. The first-order chi connectivity index (χ1) is 13.5. The molecule has 0 saturated heterocycles. The maximum Gasteiger partial charge on any atom is 0.323 e. The van der Waals surface area contributed by atoms with E-state index in [-0.39, 0.29) is 12.1 Å². The molecule has 2 aromatic carbocycles. The quantitative estimate of drug-likeness (QED) is 0.542. The Labute approximate surface area is 160 Å². The van der Waals surface area contributed by atoms with Gasteiger partial charge in [0.1, 0.15) is 5.75 Å². The van der Waals surface area contributed by atoms with Gasteiger partial charge in [-0.1, -0.05) is 18.2 Å². The average molecular weight is 383 g/mol. The normalized spacial score (nSPS) is 11.8. The second-order valence-corrected chi connectivity index (χ2v) is 6.27. The van der Waals surface area contributed by atoms with Crippen molar-refractivity contribution in [3.05, 3.63) is 58.5 Å². The van der Waals surface area contributed by atoms with Gasteiger partial charge in [0.05, 0.1) is 18.1 Å². The van der Waals surface area contributed by atoms with Gasteiger partial charge in [-0.3, -0.25) is 9.59 Å². The molecule has 146 valence electrons. The number of hydrogen-bond donors (Lipinski definition) is 3. The molecule has 1 amide bonds. The van der Waals surface area contributed by atoms with Crippen molar-refractivity contribution in [2.24, 2.45) is 0 Å². The van der Waals surface area contributed by atoms with Crippen LogP contribution in [0.15, 0.2) is 47.3 Å². The van der Waals surface area contributed by atoms with Crippen molar-refractivity contribution in [2.75, 3.05) is 12.4 Å². The Morgan fingerprint density at radius 2 is 1.86 bits per heavy atom. The summed E-state index contributed by atoms with van der Waals surface area (Å²) in [6.07, 6.45) is -0.366. The van der Waals surface area contributed by atoms with Gasteiger partial charge >= 0.3 is 11.7 Å². The van der Waals surface area contributed by atoms with Crippen LogP contribution in [0.3, 0.4) is 0 Å². The molecule has 3 aromatic rings. The summed E-state index contributed by atoms with van der Waals surface area (Å²) < 4.78 is 10.5. The van der Waals surface area contributed by atoms with E-state index in [9.17, 15) is 14.4 Å². The monoisotopic (exact) mass is 383 g/mol. The van der Waals surface area contributed by atoms with Crippen LogP contribution in [0.25, 0.3) is 11.0 Å². The number of nitrogens with one attached hydrogen (secondary N) is 3. The zero-order valence-electron chi connectivity index (χ0n) is 15.6. The van der Waals surface area contributed by atoms with Gasteiger partial charge in [-0.2, -0.15) is 0 Å². The summed E-state index contributed by atoms with van der Waals surface area (Å²) in [5, 5.41) is 2.67. The fourth-order valence-corrected chi connectivity index (χ4v) is 2.81. The number of hydrogen-bond acceptors (Lipinski definition) is 5. The topological polar surface area (TPSA) is 113 Å². The number of imidazole rings is 1. The zero-order chi connectivity index (χ0) is 20.1. The minimum Gasteiger partial charge on any atom is -0.496 e. The molecular formula is C20H21N3O5. The summed E-state index contributed by atoms with van der Waals surface area (Å²) in [5.74, 6) is -0.221. The summed E-state index contributed by atoms with van der Waals surface area (Å²) in [6, 6.07) is 12.4. The number of amides is 1. The SMILES string of the molecule is COc1ccccc1CCC(=O)O[C@H](C)C(=O)Nc1ccc2[nH]c(=O)[nH]c2c1. The van der Waals surface area contributed by atoms with Crippen LogP contribution in [0.2, 0.25) is 0 Å². The van der Waals surface area contributed by atoms with Crippen molar-refractivity contribution in [3.8, 4) is 5.75 Å². The van der Waals surface area contributed by atoms with E-state index in [2.05, 4.69) is 15.3 Å². The molecule has 3 rings (SSSR count). The predicted octanol–water partition coefficient (Wildman–Crippen LogP) is 2.37. The van der Waals surface area contributed by atoms with Crippen molar-refractivity contribution in [1.82, 2.24) is 9.97 Å². The van der Waals surface area contributed by atoms with Crippen LogP contribution >= 0.6 is 0 Å². The Balaban J connectivity index is 1.54. The Morgan fingerprint density at radius 1 is 1.11 bits per heavy atom. The van der Waals surface area contributed by atoms with E-state index in [1.807, 2.05) is 24.3 Å². The molecule has 0 aliphatic rings. The smallest absolute Gasteiger partial charge is 0.323 e. The van der Waals surface area contributed by atoms with Crippen LogP contribution in [-0.4, -0.2) is 35.1 Å². The number of esters is 1. The molecule has 3 N–H and O–H groups in total. The van der Waals surface area contributed by atoms with E-state index in [0.717, 1.165) is 5.56 Å². The molecular weight excluding hydrogens is 362 g/mol. The van der Waals surface area contributed by atoms with Crippen LogP contribution < -0.4 is 15.7 Å². The van der Waals surface area contributed by atoms with E-state index >= 15 is 0 Å². The minimum atomic E-state index is -0.953. The second-order valence-electron chi connectivity index (χ2n) is 6.27. The first-order valence-corrected chi connectivity index (χ1v) is 8.80. The van der Waals surface area contributed by atoms with E-state index in [1.54, 1.807) is 25.3 Å². The van der Waals surface area contributed by atoms with Gasteiger partial charge in [-0.15, -0.1) is 0 Å². The predicted molar refractivity (Wildman–Crippen MR) is 104 cm³/mol. The van der Waals surface area contributed by atoms with Crippen molar-refractivity contribution < 1.29 is 19.1 Å². The number of carbonyl (C=O) groups excluding carboxylic acids is 2. The molecule has 28 heavy (non-hydrogen) atoms. The summed E-state index contributed by atoms with van der Waals surface area (Å²) in [5.41, 5.74) is 2.27. The van der Waals surface area contributed by atoms with Gasteiger partial charge in [-0.25, -0.2) is 4.79 Å². The number of carbonyl (C=O) groups is 2. The van der Waals surface area contributed by atoms with E-state index < -0.39 is 18.0 Å². The molecule has 0 radical (unpaired) electrons. The number of aryl methyl sites for hydroxylation is 1. The lowest BCUT2D eigenvalue weighted by atomic mass is 10.1. The maximum atomic E-state index is 12.3. The van der Waals surface area contributed by atoms with Crippen LogP contribution in [0.4, 0.5) is 5.69 Å². The molecule has 8 heteroatoms. The molecule has 1 atom stereocenters. The molecule has 0 aliphatic heterocycles. The molecule has 8 nitrogen and oxygen atoms in total. The number of aromatic amines is 2. The third-order valence-electron chi connectivity index (χ3n) is 4.25. The molecule has 1 aromatic heterocycles. The zero-order valence-corrected chi connectivity index (χ0v) is 15.6. The highest BCUT2D eigenvalue weighted by Crippen LogP contribution is 2.19. The fourth-order valence-electron chi connectivity index (χ4n) is 2.81. The number of methoxy groups -OCH3 is 1. The fraction of sp³-hybridized carbons (Fsp3) is 0.250. The van der Waals surface area contributed by atoms with Crippen molar-refractivity contribution in [1.29, 1.82) is 0 Å². The van der Waals surface area contributed by atoms with Gasteiger partial charge < -0.3 is 24.8 Å². The van der Waals surface area contributed by atoms with Crippen molar-refractivity contribution >= 4 is 28.6 Å². The first kappa shape index (κ1) is 19.2. The molecule has 0 spiro atoms. The molecule has 0 bridgehead atoms. The van der Waals surface area contributed by atoms with Crippen molar-refractivity contribution in [2.45, 2.75) is 25.9 Å². The average Bonchev–Trinajstić information content (AvgIpc) is 3.05. The second kappa shape index (κ2) is 8.43. The lowest BCUT2D eigenvalue weighted by Gasteiger charge is -2.14. The number of rotatable bonds is 7. The summed E-state index contributed by atoms with van der Waals surface area (Å²) in [4.78, 5) is 40.9. The Hall–Kier alpha value is -3.55. The highest BCUT2D eigenvalue weighted by atomic mass is 16.5. The van der Waals surface area contributed by atoms with Gasteiger partial charge in [0, 0.05) is 12.1 Å². The van der Waals surface area contributed by atoms with Gasteiger partial charge in [0.2, 0.25) is 0 Å². The number of benzene rings is 2. The standard InChI is InChI=1S/C20H21N3O5/c1-12(28-18(24)10-7-13-5-3-4-6-17(13)27-2)19(25)21-14-8-9-15-16(11-14)23-20(26)22-15/h3-6,8-9,11-12H,7,10H2,1-2H3,(H,21,25)(H2,22,23,26)/t12-/m1/s1. The number of aromatic nitrogens is 2. The van der Waals surface area contributed by atoms with Crippen LogP contribution in [0, 0.1) is 0 Å². The molecule has 0 unspecified atom stereocenters. The third kappa shape index (κ3) is 4.59. The van der Waals surface area contributed by atoms with Gasteiger partial charge in [0.15, 0.2) is 6.10 Å². The van der Waals surface area contributed by atoms with E-state index in [0.29, 0.717) is 28.9 Å². The number of fused-ring (bicyclic) bond motifs is 1. The van der Waals surface area contributed by atoms with E-state index in [1.165, 1.54) is 6.92 Å². The molecule has 0 saturated carbocycles. The third-order valence-corrected chi connectivity index (χ3v) is 4.25. The Morgan fingerprint density at radius 3 is 2.64 bits per heavy atom. The number of para-hydroxylation sites is 1. The molecule has 1 heterocycles. The van der Waals surface area contributed by atoms with Gasteiger partial charge in [0.25, 0.3) is 5.91 Å². The van der Waals surface area contributed by atoms with Crippen molar-refractivity contribution in [3.63, 3.8) is 0 Å². The van der Waals surface area contributed by atoms with Crippen LogP contribution in [0.1, 0.15) is 18.9 Å². The number of H-pyrrole nitrogens is 2. The molecule has 0 fully saturated rings. The summed E-state index contributed by atoms with van der Waals surface area (Å²) in [6.45, 7) is 1.51. The molecule has 0 aliphatic carbocycles. The lowest BCUT2D eigenvalue weighted by Crippen LogP contribution is -2.30. The first-order valence-electron chi connectivity index (χ1n) is 8.80. The number of anilines is 1. The van der Waals surface area contributed by atoms with Crippen LogP contribution in [0.5, 0.6) is 5.75 Å². The van der Waals surface area contributed by atoms with Gasteiger partial charge in [-0.05, 0) is 43.2 Å². The minimum absolute atomic E-state index is 0.133. The Bertz CT molecular complexity index is 1050. The summed E-state index contributed by atoms with van der Waals surface area (Å²) in [7, 11) is 1.57. The summed E-state index contributed by atoms with van der Waals surface area (Å²) >= 11 is 0. The largest absolute Gasteiger partial charge is 0.496 e. The highest BCUT2D eigenvalue weighted by molar-refractivity contribution is 5.96.